The molecule has 1 atom stereocenters. The summed E-state index contributed by atoms with van der Waals surface area (Å²) >= 11 is 5.78. The number of hydrogen-bond donors (Lipinski definition) is 1. The summed E-state index contributed by atoms with van der Waals surface area (Å²) in [5.74, 6) is -0.561. The molecule has 0 aliphatic rings. The summed E-state index contributed by atoms with van der Waals surface area (Å²) in [7, 11) is 0. The molecule has 2 rings (SSSR count). The smallest absolute Gasteiger partial charge is 0.345 e. The van der Waals surface area contributed by atoms with Gasteiger partial charge >= 0.3 is 6.18 Å². The van der Waals surface area contributed by atoms with E-state index >= 15 is 0 Å². The van der Waals surface area contributed by atoms with Crippen molar-refractivity contribution < 1.29 is 18.0 Å². The number of rotatable bonds is 5. The van der Waals surface area contributed by atoms with Crippen molar-refractivity contribution in [2.24, 2.45) is 0 Å². The molecule has 1 amide bonds. The van der Waals surface area contributed by atoms with Crippen LogP contribution in [0.1, 0.15) is 19.4 Å². The molecule has 0 aliphatic heterocycles. The van der Waals surface area contributed by atoms with E-state index in [0.717, 1.165) is 4.80 Å². The van der Waals surface area contributed by atoms with E-state index in [4.69, 9.17) is 11.6 Å². The van der Waals surface area contributed by atoms with Crippen LogP contribution in [-0.2, 0) is 4.79 Å². The molecule has 6 nitrogen and oxygen atoms in total. The Balaban J connectivity index is 2.13. The van der Waals surface area contributed by atoms with E-state index in [2.05, 4.69) is 15.4 Å². The van der Waals surface area contributed by atoms with Gasteiger partial charge < -0.3 is 5.32 Å². The number of carbonyl (C=O) groups is 1. The van der Waals surface area contributed by atoms with Crippen LogP contribution >= 0.6 is 11.6 Å². The van der Waals surface area contributed by atoms with Gasteiger partial charge in [0.15, 0.2) is 6.04 Å². The lowest BCUT2D eigenvalue weighted by Crippen LogP contribution is -2.39. The maximum atomic E-state index is 12.2. The molecule has 2 aromatic rings. The monoisotopic (exact) mass is 347 g/mol. The number of benzene rings is 1. The molecule has 1 heterocycles. The van der Waals surface area contributed by atoms with E-state index in [0.29, 0.717) is 10.6 Å². The summed E-state index contributed by atoms with van der Waals surface area (Å²) in [6.45, 7) is 0.240. The Morgan fingerprint density at radius 3 is 2.57 bits per heavy atom. The number of tetrazole rings is 1. The van der Waals surface area contributed by atoms with E-state index < -0.39 is 24.7 Å². The largest absolute Gasteiger partial charge is 0.405 e. The molecule has 1 aromatic heterocycles. The molecular weight excluding hydrogens is 335 g/mol. The molecular formula is C13H13ClF3N5O. The third-order valence-electron chi connectivity index (χ3n) is 2.96. The van der Waals surface area contributed by atoms with Crippen molar-refractivity contribution in [2.75, 3.05) is 6.54 Å². The van der Waals surface area contributed by atoms with E-state index in [-0.39, 0.29) is 12.2 Å². The molecule has 0 bridgehead atoms. The summed E-state index contributed by atoms with van der Waals surface area (Å²) in [6.07, 6.45) is -4.25. The highest BCUT2D eigenvalue weighted by atomic mass is 35.5. The number of hydrogen-bond acceptors (Lipinski definition) is 4. The van der Waals surface area contributed by atoms with Crippen molar-refractivity contribution in [3.63, 3.8) is 0 Å². The molecule has 0 saturated heterocycles. The third kappa shape index (κ3) is 4.65. The van der Waals surface area contributed by atoms with Crippen molar-refractivity contribution in [1.82, 2.24) is 25.5 Å². The molecule has 0 radical (unpaired) electrons. The van der Waals surface area contributed by atoms with Gasteiger partial charge in [-0.3, -0.25) is 4.79 Å². The van der Waals surface area contributed by atoms with Crippen molar-refractivity contribution in [3.8, 4) is 11.4 Å². The standard InChI is InChI=1S/C13H13ClF3N5O/c1-2-10(12(23)18-7-13(15,16)17)22-20-11(19-21-22)8-3-5-9(14)6-4-8/h3-6,10H,2,7H2,1H3,(H,18,23)/t10-/m0/s1. The van der Waals surface area contributed by atoms with Gasteiger partial charge in [-0.05, 0) is 35.9 Å². The Morgan fingerprint density at radius 2 is 2.00 bits per heavy atom. The molecule has 10 heteroatoms. The lowest BCUT2D eigenvalue weighted by atomic mass is 10.2. The van der Waals surface area contributed by atoms with E-state index in [1.807, 2.05) is 5.32 Å². The predicted octanol–water partition coefficient (Wildman–Crippen LogP) is 2.62. The Morgan fingerprint density at radius 1 is 1.35 bits per heavy atom. The second-order valence-electron chi connectivity index (χ2n) is 4.70. The van der Waals surface area contributed by atoms with Gasteiger partial charge in [0.2, 0.25) is 11.7 Å². The SMILES string of the molecule is CC[C@@H](C(=O)NCC(F)(F)F)n1nnc(-c2ccc(Cl)cc2)n1. The number of halogens is 4. The molecule has 124 valence electrons. The van der Waals surface area contributed by atoms with Gasteiger partial charge in [0.25, 0.3) is 0 Å². The molecule has 1 aromatic carbocycles. The van der Waals surface area contributed by atoms with Crippen LogP contribution in [0.4, 0.5) is 13.2 Å². The fraction of sp³-hybridized carbons (Fsp3) is 0.385. The van der Waals surface area contributed by atoms with Crippen LogP contribution in [-0.4, -0.2) is 38.8 Å². The van der Waals surface area contributed by atoms with Crippen LogP contribution < -0.4 is 5.32 Å². The number of aromatic nitrogens is 4. The average Bonchev–Trinajstić information content (AvgIpc) is 2.95. The first kappa shape index (κ1) is 17.2. The minimum Gasteiger partial charge on any atom is -0.345 e. The van der Waals surface area contributed by atoms with Gasteiger partial charge in [0, 0.05) is 10.6 Å². The zero-order chi connectivity index (χ0) is 17.0. The van der Waals surface area contributed by atoms with Crippen LogP contribution in [0.5, 0.6) is 0 Å². The van der Waals surface area contributed by atoms with Gasteiger partial charge in [-0.15, -0.1) is 10.2 Å². The number of amides is 1. The molecule has 23 heavy (non-hydrogen) atoms. The Labute approximate surface area is 134 Å². The van der Waals surface area contributed by atoms with Crippen molar-refractivity contribution in [3.05, 3.63) is 29.3 Å². The summed E-state index contributed by atoms with van der Waals surface area (Å²) in [6, 6.07) is 5.67. The zero-order valence-electron chi connectivity index (χ0n) is 12.0. The Bertz CT molecular complexity index is 671. The van der Waals surface area contributed by atoms with Crippen LogP contribution in [0.25, 0.3) is 11.4 Å². The van der Waals surface area contributed by atoms with E-state index in [9.17, 15) is 18.0 Å². The summed E-state index contributed by atoms with van der Waals surface area (Å²) in [5.41, 5.74) is 0.631. The Hall–Kier alpha value is -2.16. The number of carbonyl (C=O) groups excluding carboxylic acids is 1. The number of alkyl halides is 3. The second kappa shape index (κ2) is 6.95. The van der Waals surface area contributed by atoms with Gasteiger partial charge in [-0.1, -0.05) is 18.5 Å². The minimum absolute atomic E-state index is 0.222. The molecule has 0 aliphatic carbocycles. The van der Waals surface area contributed by atoms with E-state index in [1.165, 1.54) is 0 Å². The summed E-state index contributed by atoms with van der Waals surface area (Å²) in [4.78, 5) is 12.9. The number of nitrogens with zero attached hydrogens (tertiary/aromatic N) is 4. The topological polar surface area (TPSA) is 72.7 Å². The van der Waals surface area contributed by atoms with Crippen LogP contribution in [0.15, 0.2) is 24.3 Å². The highest BCUT2D eigenvalue weighted by molar-refractivity contribution is 6.30. The lowest BCUT2D eigenvalue weighted by molar-refractivity contribution is -0.140. The summed E-state index contributed by atoms with van der Waals surface area (Å²) in [5, 5.41) is 14.0. The van der Waals surface area contributed by atoms with Crippen molar-refractivity contribution in [2.45, 2.75) is 25.6 Å². The van der Waals surface area contributed by atoms with E-state index in [1.54, 1.807) is 31.2 Å². The van der Waals surface area contributed by atoms with Gasteiger partial charge in [-0.25, -0.2) is 0 Å². The summed E-state index contributed by atoms with van der Waals surface area (Å²) < 4.78 is 36.5. The van der Waals surface area contributed by atoms with Crippen LogP contribution in [0.3, 0.4) is 0 Å². The van der Waals surface area contributed by atoms with Crippen LogP contribution in [0, 0.1) is 0 Å². The first-order chi connectivity index (χ1) is 10.8. The predicted molar refractivity (Wildman–Crippen MR) is 76.7 cm³/mol. The first-order valence-electron chi connectivity index (χ1n) is 6.70. The van der Waals surface area contributed by atoms with Gasteiger partial charge in [0.05, 0.1) is 0 Å². The quantitative estimate of drug-likeness (QED) is 0.902. The average molecular weight is 348 g/mol. The maximum Gasteiger partial charge on any atom is 0.405 e. The zero-order valence-corrected chi connectivity index (χ0v) is 12.8. The fourth-order valence-electron chi connectivity index (χ4n) is 1.83. The number of nitrogens with one attached hydrogen (secondary N) is 1. The molecule has 0 fully saturated rings. The second-order valence-corrected chi connectivity index (χ2v) is 5.13. The van der Waals surface area contributed by atoms with Crippen molar-refractivity contribution in [1.29, 1.82) is 0 Å². The minimum atomic E-state index is -4.47. The van der Waals surface area contributed by atoms with Crippen molar-refractivity contribution >= 4 is 17.5 Å². The Kier molecular flexibility index (Phi) is 5.19. The fourth-order valence-corrected chi connectivity index (χ4v) is 1.96. The highest BCUT2D eigenvalue weighted by Gasteiger charge is 2.30. The molecule has 0 saturated carbocycles. The van der Waals surface area contributed by atoms with Gasteiger partial charge in [-0.2, -0.15) is 18.0 Å². The maximum absolute atomic E-state index is 12.2. The first-order valence-corrected chi connectivity index (χ1v) is 7.08. The van der Waals surface area contributed by atoms with Crippen LogP contribution in [0.2, 0.25) is 5.02 Å². The van der Waals surface area contributed by atoms with Gasteiger partial charge in [0.1, 0.15) is 6.54 Å². The molecule has 1 N–H and O–H groups in total. The molecule has 0 spiro atoms. The molecule has 0 unspecified atom stereocenters. The normalized spacial score (nSPS) is 12.9. The third-order valence-corrected chi connectivity index (χ3v) is 3.21. The highest BCUT2D eigenvalue weighted by Crippen LogP contribution is 2.19. The lowest BCUT2D eigenvalue weighted by Gasteiger charge is -2.14.